The largest absolute Gasteiger partial charge is 0.492 e. The monoisotopic (exact) mass is 383 g/mol. The van der Waals surface area contributed by atoms with E-state index in [-0.39, 0.29) is 12.4 Å². The highest BCUT2D eigenvalue weighted by molar-refractivity contribution is 5.76. The SMILES string of the molecule is Cc1ccc(Cn2cnc3nc(CN(C)C(=O)OC(C)(C)C)nc(O)c32)cc1. The minimum atomic E-state index is -0.590. The van der Waals surface area contributed by atoms with E-state index in [9.17, 15) is 9.90 Å². The first kappa shape index (κ1) is 19.6. The van der Waals surface area contributed by atoms with Crippen molar-refractivity contribution in [3.63, 3.8) is 0 Å². The highest BCUT2D eigenvalue weighted by atomic mass is 16.6. The van der Waals surface area contributed by atoms with Crippen LogP contribution in [0.15, 0.2) is 30.6 Å². The summed E-state index contributed by atoms with van der Waals surface area (Å²) in [6, 6.07) is 8.14. The van der Waals surface area contributed by atoms with Crippen molar-refractivity contribution in [2.75, 3.05) is 7.05 Å². The van der Waals surface area contributed by atoms with E-state index >= 15 is 0 Å². The molecule has 2 heterocycles. The predicted octanol–water partition coefficient (Wildman–Crippen LogP) is 3.26. The van der Waals surface area contributed by atoms with E-state index < -0.39 is 11.7 Å². The van der Waals surface area contributed by atoms with Crippen LogP contribution < -0.4 is 0 Å². The molecule has 1 N–H and O–H groups in total. The molecule has 0 spiro atoms. The van der Waals surface area contributed by atoms with Crippen molar-refractivity contribution >= 4 is 17.3 Å². The summed E-state index contributed by atoms with van der Waals surface area (Å²) >= 11 is 0. The minimum Gasteiger partial charge on any atom is -0.492 e. The first-order valence-electron chi connectivity index (χ1n) is 9.03. The van der Waals surface area contributed by atoms with Gasteiger partial charge in [0.05, 0.1) is 12.9 Å². The molecule has 148 valence electrons. The van der Waals surface area contributed by atoms with Crippen LogP contribution in [0, 0.1) is 6.92 Å². The number of hydrogen-bond acceptors (Lipinski definition) is 6. The van der Waals surface area contributed by atoms with Crippen molar-refractivity contribution in [2.45, 2.75) is 46.4 Å². The van der Waals surface area contributed by atoms with E-state index in [0.29, 0.717) is 23.5 Å². The van der Waals surface area contributed by atoms with Crippen LogP contribution in [0.3, 0.4) is 0 Å². The third-order valence-corrected chi connectivity index (χ3v) is 4.06. The molecule has 0 aliphatic carbocycles. The Kier molecular flexibility index (Phi) is 5.22. The molecule has 0 saturated heterocycles. The second kappa shape index (κ2) is 7.46. The summed E-state index contributed by atoms with van der Waals surface area (Å²) in [4.78, 5) is 26.3. The maximum atomic E-state index is 12.1. The molecule has 0 aliphatic heterocycles. The van der Waals surface area contributed by atoms with Crippen molar-refractivity contribution in [3.8, 4) is 5.88 Å². The Hall–Kier alpha value is -3.16. The van der Waals surface area contributed by atoms with Crippen LogP contribution in [-0.4, -0.2) is 48.3 Å². The molecule has 0 aliphatic rings. The van der Waals surface area contributed by atoms with Gasteiger partial charge in [-0.05, 0) is 33.3 Å². The van der Waals surface area contributed by atoms with E-state index in [1.54, 1.807) is 38.7 Å². The fraction of sp³-hybridized carbons (Fsp3) is 0.400. The van der Waals surface area contributed by atoms with Crippen LogP contribution in [0.4, 0.5) is 4.79 Å². The molecule has 8 nitrogen and oxygen atoms in total. The van der Waals surface area contributed by atoms with Crippen LogP contribution in [0.2, 0.25) is 0 Å². The van der Waals surface area contributed by atoms with E-state index in [1.165, 1.54) is 10.5 Å². The third kappa shape index (κ3) is 4.57. The summed E-state index contributed by atoms with van der Waals surface area (Å²) < 4.78 is 7.12. The molecular formula is C20H25N5O3. The Morgan fingerprint density at radius 2 is 1.89 bits per heavy atom. The van der Waals surface area contributed by atoms with E-state index in [2.05, 4.69) is 15.0 Å². The predicted molar refractivity (Wildman–Crippen MR) is 105 cm³/mol. The number of carbonyl (C=O) groups excluding carboxylic acids is 1. The van der Waals surface area contributed by atoms with Crippen LogP contribution in [0.5, 0.6) is 5.88 Å². The van der Waals surface area contributed by atoms with Gasteiger partial charge in [-0.2, -0.15) is 4.98 Å². The lowest BCUT2D eigenvalue weighted by Gasteiger charge is -2.24. The van der Waals surface area contributed by atoms with Gasteiger partial charge in [0, 0.05) is 13.6 Å². The number of nitrogens with zero attached hydrogens (tertiary/aromatic N) is 5. The number of carbonyl (C=O) groups is 1. The number of hydrogen-bond donors (Lipinski definition) is 1. The van der Waals surface area contributed by atoms with Gasteiger partial charge in [0.2, 0.25) is 5.88 Å². The Bertz CT molecular complexity index is 989. The maximum absolute atomic E-state index is 12.1. The van der Waals surface area contributed by atoms with Crippen LogP contribution in [0.1, 0.15) is 37.7 Å². The van der Waals surface area contributed by atoms with Crippen molar-refractivity contribution in [3.05, 3.63) is 47.5 Å². The lowest BCUT2D eigenvalue weighted by Crippen LogP contribution is -2.34. The molecule has 28 heavy (non-hydrogen) atoms. The summed E-state index contributed by atoms with van der Waals surface area (Å²) in [5, 5.41) is 10.4. The van der Waals surface area contributed by atoms with Gasteiger partial charge in [-0.15, -0.1) is 0 Å². The van der Waals surface area contributed by atoms with Gasteiger partial charge in [-0.25, -0.2) is 14.8 Å². The smallest absolute Gasteiger partial charge is 0.410 e. The molecule has 3 rings (SSSR count). The van der Waals surface area contributed by atoms with Crippen molar-refractivity contribution < 1.29 is 14.6 Å². The molecule has 1 aromatic carbocycles. The Morgan fingerprint density at radius 3 is 2.54 bits per heavy atom. The first-order chi connectivity index (χ1) is 13.1. The third-order valence-electron chi connectivity index (χ3n) is 4.06. The van der Waals surface area contributed by atoms with Gasteiger partial charge in [-0.1, -0.05) is 29.8 Å². The number of amides is 1. The van der Waals surface area contributed by atoms with Crippen LogP contribution in [0.25, 0.3) is 11.2 Å². The second-order valence-electron chi connectivity index (χ2n) is 7.83. The maximum Gasteiger partial charge on any atom is 0.410 e. The van der Waals surface area contributed by atoms with Crippen molar-refractivity contribution in [2.24, 2.45) is 0 Å². The topological polar surface area (TPSA) is 93.4 Å². The zero-order chi connectivity index (χ0) is 20.5. The Morgan fingerprint density at radius 1 is 1.21 bits per heavy atom. The molecule has 0 fully saturated rings. The number of aromatic nitrogens is 4. The molecule has 0 atom stereocenters. The summed E-state index contributed by atoms with van der Waals surface area (Å²) in [5.74, 6) is 0.126. The quantitative estimate of drug-likeness (QED) is 0.743. The van der Waals surface area contributed by atoms with Crippen LogP contribution in [-0.2, 0) is 17.8 Å². The number of benzene rings is 1. The standard InChI is InChI=1S/C20H25N5O3/c1-13-6-8-14(9-7-13)10-25-12-21-17-16(25)18(26)23-15(22-17)11-24(5)19(27)28-20(2,3)4/h6-9,12H,10-11H2,1-5H3,(H,22,23,26). The van der Waals surface area contributed by atoms with Gasteiger partial charge in [0.15, 0.2) is 17.0 Å². The summed E-state index contributed by atoms with van der Waals surface area (Å²) in [5.41, 5.74) is 2.52. The second-order valence-corrected chi connectivity index (χ2v) is 7.83. The van der Waals surface area contributed by atoms with Crippen molar-refractivity contribution in [1.82, 2.24) is 24.4 Å². The first-order valence-corrected chi connectivity index (χ1v) is 9.03. The highest BCUT2D eigenvalue weighted by Gasteiger charge is 2.21. The number of aryl methyl sites for hydroxylation is 1. The number of rotatable bonds is 4. The van der Waals surface area contributed by atoms with Gasteiger partial charge < -0.3 is 19.3 Å². The van der Waals surface area contributed by atoms with Gasteiger partial charge in [0.25, 0.3) is 0 Å². The average molecular weight is 383 g/mol. The summed E-state index contributed by atoms with van der Waals surface area (Å²) in [7, 11) is 1.59. The summed E-state index contributed by atoms with van der Waals surface area (Å²) in [6.45, 7) is 8.08. The minimum absolute atomic E-state index is 0.100. The number of fused-ring (bicyclic) bond motifs is 1. The number of imidazole rings is 1. The molecule has 3 aromatic rings. The fourth-order valence-electron chi connectivity index (χ4n) is 2.70. The lowest BCUT2D eigenvalue weighted by molar-refractivity contribution is 0.0280. The van der Waals surface area contributed by atoms with Gasteiger partial charge >= 0.3 is 6.09 Å². The molecule has 0 bridgehead atoms. The van der Waals surface area contributed by atoms with E-state index in [0.717, 1.165) is 5.56 Å². The van der Waals surface area contributed by atoms with Gasteiger partial charge in [-0.3, -0.25) is 0 Å². The van der Waals surface area contributed by atoms with Crippen LogP contribution >= 0.6 is 0 Å². The molecular weight excluding hydrogens is 358 g/mol. The van der Waals surface area contributed by atoms with Gasteiger partial charge in [0.1, 0.15) is 5.60 Å². The number of aromatic hydroxyl groups is 1. The van der Waals surface area contributed by atoms with E-state index in [4.69, 9.17) is 4.74 Å². The number of ether oxygens (including phenoxy) is 1. The molecule has 0 saturated carbocycles. The summed E-state index contributed by atoms with van der Waals surface area (Å²) in [6.07, 6.45) is 1.14. The highest BCUT2D eigenvalue weighted by Crippen LogP contribution is 2.22. The zero-order valence-electron chi connectivity index (χ0n) is 16.8. The van der Waals surface area contributed by atoms with Crippen molar-refractivity contribution in [1.29, 1.82) is 0 Å². The fourth-order valence-corrected chi connectivity index (χ4v) is 2.70. The normalized spacial score (nSPS) is 11.6. The zero-order valence-corrected chi connectivity index (χ0v) is 16.8. The molecule has 0 radical (unpaired) electrons. The lowest BCUT2D eigenvalue weighted by atomic mass is 10.1. The Balaban J connectivity index is 1.80. The molecule has 0 unspecified atom stereocenters. The van der Waals surface area contributed by atoms with E-state index in [1.807, 2.05) is 31.2 Å². The molecule has 1 amide bonds. The molecule has 8 heteroatoms. The Labute approximate surface area is 163 Å². The molecule has 2 aromatic heterocycles. The average Bonchev–Trinajstić information content (AvgIpc) is 2.98.